The van der Waals surface area contributed by atoms with Crippen LogP contribution in [-0.2, 0) is 14.3 Å². The van der Waals surface area contributed by atoms with Gasteiger partial charge in [0, 0.05) is 41.3 Å². The van der Waals surface area contributed by atoms with Crippen LogP contribution in [0.1, 0.15) is 21.5 Å². The Labute approximate surface area is 227 Å². The third-order valence-electron chi connectivity index (χ3n) is 6.12. The molecule has 2 amide bonds. The van der Waals surface area contributed by atoms with Crippen LogP contribution in [0.4, 0.5) is 30.2 Å². The summed E-state index contributed by atoms with van der Waals surface area (Å²) >= 11 is 0. The van der Waals surface area contributed by atoms with Crippen molar-refractivity contribution in [3.05, 3.63) is 89.5 Å². The van der Waals surface area contributed by atoms with Crippen LogP contribution < -0.4 is 21.3 Å². The average molecular weight is 555 g/mol. The number of carboxylic acids is 1. The zero-order valence-electron chi connectivity index (χ0n) is 21.0. The lowest BCUT2D eigenvalue weighted by molar-refractivity contribution is -0.192. The molecule has 0 bridgehead atoms. The average Bonchev–Trinajstić information content (AvgIpc) is 3.27. The molecule has 2 heterocycles. The van der Waals surface area contributed by atoms with Gasteiger partial charge in [-0.3, -0.25) is 9.59 Å². The van der Waals surface area contributed by atoms with E-state index in [1.165, 1.54) is 0 Å². The first-order valence-electron chi connectivity index (χ1n) is 12.1. The lowest BCUT2D eigenvalue weighted by Crippen LogP contribution is -2.36. The number of fused-ring (bicyclic) bond motifs is 1. The largest absolute Gasteiger partial charge is 0.490 e. The normalized spacial score (nSPS) is 15.8. The van der Waals surface area contributed by atoms with Crippen LogP contribution >= 0.6 is 0 Å². The monoisotopic (exact) mass is 554 g/mol. The zero-order valence-corrected chi connectivity index (χ0v) is 21.0. The number of primary amides is 1. The molecule has 2 aliphatic heterocycles. The van der Waals surface area contributed by atoms with Crippen LogP contribution in [-0.4, -0.2) is 55.4 Å². The molecule has 0 unspecified atom stereocenters. The molecule has 1 fully saturated rings. The molecule has 5 N–H and O–H groups in total. The van der Waals surface area contributed by atoms with E-state index in [9.17, 15) is 22.8 Å². The molecule has 2 aliphatic rings. The standard InChI is InChI=1S/C26H24N4O3.C2HF3O2/c27-25(31)18-6-11-21-22(16-18)29-26(32)23(21)24(17-4-2-1-3-5-17)28-19-7-9-20(10-8-19)30-12-14-33-15-13-30;3-2(4,5)1(6)7/h1-11,16,28H,12-15H2,(H2,27,31)(H,29,32);(H,6,7)/b24-23-;. The van der Waals surface area contributed by atoms with Crippen LogP contribution in [0.25, 0.3) is 11.3 Å². The number of nitrogens with one attached hydrogen (secondary N) is 2. The number of rotatable bonds is 5. The number of aliphatic carboxylic acids is 1. The molecule has 9 nitrogen and oxygen atoms in total. The van der Waals surface area contributed by atoms with Crippen molar-refractivity contribution in [2.24, 2.45) is 5.73 Å². The summed E-state index contributed by atoms with van der Waals surface area (Å²) in [6.07, 6.45) is -5.08. The van der Waals surface area contributed by atoms with Gasteiger partial charge in [-0.15, -0.1) is 0 Å². The zero-order chi connectivity index (χ0) is 28.9. The smallest absolute Gasteiger partial charge is 0.475 e. The fraction of sp³-hybridized carbons (Fsp3) is 0.179. The molecule has 208 valence electrons. The number of morpholine rings is 1. The summed E-state index contributed by atoms with van der Waals surface area (Å²) in [5, 5.41) is 13.5. The number of nitrogens with zero attached hydrogens (tertiary/aromatic N) is 1. The molecule has 0 aromatic heterocycles. The lowest BCUT2D eigenvalue weighted by Gasteiger charge is -2.29. The molecule has 5 rings (SSSR count). The van der Waals surface area contributed by atoms with Crippen LogP contribution in [0.2, 0.25) is 0 Å². The van der Waals surface area contributed by atoms with Crippen molar-refractivity contribution in [2.75, 3.05) is 41.8 Å². The summed E-state index contributed by atoms with van der Waals surface area (Å²) in [7, 11) is 0. The van der Waals surface area contributed by atoms with E-state index >= 15 is 0 Å². The molecule has 0 saturated carbocycles. The fourth-order valence-corrected chi connectivity index (χ4v) is 4.18. The highest BCUT2D eigenvalue weighted by Crippen LogP contribution is 2.38. The highest BCUT2D eigenvalue weighted by molar-refractivity contribution is 6.37. The van der Waals surface area contributed by atoms with Gasteiger partial charge >= 0.3 is 12.1 Å². The molecular weight excluding hydrogens is 529 g/mol. The molecular formula is C28H25F3N4O5. The Bertz CT molecular complexity index is 1430. The third kappa shape index (κ3) is 6.59. The van der Waals surface area contributed by atoms with Gasteiger partial charge in [0.2, 0.25) is 5.91 Å². The number of anilines is 3. The summed E-state index contributed by atoms with van der Waals surface area (Å²) in [5.74, 6) is -3.53. The van der Waals surface area contributed by atoms with Gasteiger partial charge < -0.3 is 31.1 Å². The van der Waals surface area contributed by atoms with Crippen molar-refractivity contribution < 1.29 is 37.4 Å². The van der Waals surface area contributed by atoms with Gasteiger partial charge in [0.05, 0.1) is 24.5 Å². The molecule has 0 atom stereocenters. The maximum absolute atomic E-state index is 13.0. The van der Waals surface area contributed by atoms with Crippen molar-refractivity contribution in [1.82, 2.24) is 0 Å². The number of carbonyl (C=O) groups excluding carboxylic acids is 2. The van der Waals surface area contributed by atoms with Crippen molar-refractivity contribution in [3.63, 3.8) is 0 Å². The van der Waals surface area contributed by atoms with Gasteiger partial charge in [-0.05, 0) is 42.0 Å². The van der Waals surface area contributed by atoms with Gasteiger partial charge in [0.1, 0.15) is 0 Å². The number of benzene rings is 3. The van der Waals surface area contributed by atoms with E-state index in [2.05, 4.69) is 27.7 Å². The second-order valence-electron chi connectivity index (χ2n) is 8.77. The van der Waals surface area contributed by atoms with E-state index in [1.54, 1.807) is 18.2 Å². The Morgan fingerprint density at radius 2 is 1.57 bits per heavy atom. The highest BCUT2D eigenvalue weighted by atomic mass is 19.4. The van der Waals surface area contributed by atoms with Crippen molar-refractivity contribution in [3.8, 4) is 0 Å². The minimum absolute atomic E-state index is 0.233. The van der Waals surface area contributed by atoms with E-state index in [-0.39, 0.29) is 5.91 Å². The molecule has 0 aliphatic carbocycles. The summed E-state index contributed by atoms with van der Waals surface area (Å²) in [5.41, 5.74) is 11.2. The third-order valence-corrected chi connectivity index (χ3v) is 6.12. The molecule has 1 saturated heterocycles. The quantitative estimate of drug-likeness (QED) is 0.348. The Balaban J connectivity index is 0.000000470. The predicted octanol–water partition coefficient (Wildman–Crippen LogP) is 4.19. The number of halogens is 3. The van der Waals surface area contributed by atoms with E-state index in [1.807, 2.05) is 42.5 Å². The van der Waals surface area contributed by atoms with Gasteiger partial charge in [-0.25, -0.2) is 4.79 Å². The first-order valence-corrected chi connectivity index (χ1v) is 12.1. The summed E-state index contributed by atoms with van der Waals surface area (Å²) in [6, 6.07) is 22.9. The van der Waals surface area contributed by atoms with E-state index in [0.29, 0.717) is 22.5 Å². The minimum Gasteiger partial charge on any atom is -0.475 e. The number of alkyl halides is 3. The number of amides is 2. The first-order chi connectivity index (χ1) is 19.0. The number of ether oxygens (including phenoxy) is 1. The molecule has 40 heavy (non-hydrogen) atoms. The molecule has 0 spiro atoms. The summed E-state index contributed by atoms with van der Waals surface area (Å²) in [4.78, 5) is 35.8. The number of carboxylic acid groups (broad SMARTS) is 1. The second kappa shape index (κ2) is 11.9. The Kier molecular flexibility index (Phi) is 8.39. The van der Waals surface area contributed by atoms with E-state index < -0.39 is 18.1 Å². The second-order valence-corrected chi connectivity index (χ2v) is 8.77. The lowest BCUT2D eigenvalue weighted by atomic mass is 9.99. The van der Waals surface area contributed by atoms with Gasteiger partial charge in [-0.2, -0.15) is 13.2 Å². The summed E-state index contributed by atoms with van der Waals surface area (Å²) < 4.78 is 37.2. The highest BCUT2D eigenvalue weighted by Gasteiger charge is 2.38. The Morgan fingerprint density at radius 1 is 0.950 bits per heavy atom. The van der Waals surface area contributed by atoms with Gasteiger partial charge in [-0.1, -0.05) is 36.4 Å². The van der Waals surface area contributed by atoms with E-state index in [0.717, 1.165) is 48.8 Å². The Morgan fingerprint density at radius 3 is 2.15 bits per heavy atom. The van der Waals surface area contributed by atoms with Crippen molar-refractivity contribution >= 4 is 46.1 Å². The van der Waals surface area contributed by atoms with Crippen LogP contribution in [0.3, 0.4) is 0 Å². The first kappa shape index (κ1) is 28.2. The SMILES string of the molecule is NC(=O)c1ccc2c(c1)NC(=O)/C2=C(\Nc1ccc(N2CCOCC2)cc1)c1ccccc1.O=C(O)C(F)(F)F. The predicted molar refractivity (Wildman–Crippen MR) is 144 cm³/mol. The van der Waals surface area contributed by atoms with Crippen molar-refractivity contribution in [1.29, 1.82) is 0 Å². The fourth-order valence-electron chi connectivity index (χ4n) is 4.18. The van der Waals surface area contributed by atoms with Crippen LogP contribution in [0.15, 0.2) is 72.8 Å². The number of hydrogen-bond acceptors (Lipinski definition) is 6. The molecule has 0 radical (unpaired) electrons. The number of nitrogens with two attached hydrogens (primary N) is 1. The minimum atomic E-state index is -5.08. The maximum atomic E-state index is 13.0. The van der Waals surface area contributed by atoms with Crippen LogP contribution in [0, 0.1) is 0 Å². The maximum Gasteiger partial charge on any atom is 0.490 e. The van der Waals surface area contributed by atoms with Crippen LogP contribution in [0.5, 0.6) is 0 Å². The topological polar surface area (TPSA) is 134 Å². The number of carbonyl (C=O) groups is 3. The molecule has 3 aromatic carbocycles. The van der Waals surface area contributed by atoms with Gasteiger partial charge in [0.15, 0.2) is 0 Å². The summed E-state index contributed by atoms with van der Waals surface area (Å²) in [6.45, 7) is 3.21. The van der Waals surface area contributed by atoms with Gasteiger partial charge in [0.25, 0.3) is 5.91 Å². The van der Waals surface area contributed by atoms with E-state index in [4.69, 9.17) is 20.4 Å². The Hall–Kier alpha value is -4.84. The molecule has 3 aromatic rings. The molecule has 12 heteroatoms. The van der Waals surface area contributed by atoms with Crippen molar-refractivity contribution in [2.45, 2.75) is 6.18 Å². The number of hydrogen-bond donors (Lipinski definition) is 4.